The van der Waals surface area contributed by atoms with Gasteiger partial charge in [-0.3, -0.25) is 0 Å². The van der Waals surface area contributed by atoms with E-state index in [-0.39, 0.29) is 0 Å². The first-order valence-electron chi connectivity index (χ1n) is 6.33. The molecule has 0 atom stereocenters. The molecule has 2 heteroatoms. The van der Waals surface area contributed by atoms with Crippen molar-refractivity contribution in [2.24, 2.45) is 0 Å². The fraction of sp³-hybridized carbons (Fsp3) is 0.176. The summed E-state index contributed by atoms with van der Waals surface area (Å²) < 4.78 is 6.66. The molecule has 0 aliphatic heterocycles. The maximum atomic E-state index is 5.40. The van der Waals surface area contributed by atoms with Crippen LogP contribution in [0.2, 0.25) is 0 Å². The Morgan fingerprint density at radius 1 is 0.947 bits per heavy atom. The van der Waals surface area contributed by atoms with Gasteiger partial charge in [0.2, 0.25) is 0 Å². The third-order valence-electron chi connectivity index (χ3n) is 2.90. The molecule has 0 unspecified atom stereocenters. The molecule has 0 radical (unpaired) electrons. The van der Waals surface area contributed by atoms with Crippen LogP contribution < -0.4 is 0 Å². The Morgan fingerprint density at radius 3 is 2.11 bits per heavy atom. The molecule has 0 aliphatic carbocycles. The second-order valence-corrected chi connectivity index (χ2v) is 5.56. The minimum atomic E-state index is 0.626. The third kappa shape index (κ3) is 4.48. The smallest absolute Gasteiger partial charge is 0.0644 e. The minimum absolute atomic E-state index is 0.626. The Balaban J connectivity index is 1.98. The zero-order valence-electron chi connectivity index (χ0n) is 10.8. The van der Waals surface area contributed by atoms with Crippen LogP contribution in [0.3, 0.4) is 0 Å². The highest BCUT2D eigenvalue weighted by molar-refractivity contribution is 14.1. The van der Waals surface area contributed by atoms with Gasteiger partial charge < -0.3 is 4.74 Å². The Morgan fingerprint density at radius 2 is 1.53 bits per heavy atom. The summed E-state index contributed by atoms with van der Waals surface area (Å²) in [6.07, 6.45) is 2.72. The minimum Gasteiger partial charge on any atom is -0.377 e. The van der Waals surface area contributed by atoms with Gasteiger partial charge in [0.1, 0.15) is 0 Å². The maximum Gasteiger partial charge on any atom is 0.0644 e. The van der Waals surface area contributed by atoms with Gasteiger partial charge in [0.25, 0.3) is 0 Å². The van der Waals surface area contributed by atoms with E-state index in [1.807, 2.05) is 0 Å². The Labute approximate surface area is 128 Å². The Bertz CT molecular complexity index is 514. The van der Waals surface area contributed by atoms with E-state index in [1.54, 1.807) is 6.08 Å². The summed E-state index contributed by atoms with van der Waals surface area (Å²) >= 11 is 2.32. The van der Waals surface area contributed by atoms with Crippen molar-refractivity contribution in [1.82, 2.24) is 0 Å². The maximum absolute atomic E-state index is 5.40. The molecule has 98 valence electrons. The Hall–Kier alpha value is -1.13. The molecule has 1 nitrogen and oxygen atoms in total. The zero-order chi connectivity index (χ0) is 13.5. The molecule has 0 bridgehead atoms. The first-order valence-corrected chi connectivity index (χ1v) is 7.41. The molecule has 0 aromatic heterocycles. The number of hydrogen-bond acceptors (Lipinski definition) is 1. The average Bonchev–Trinajstić information content (AvgIpc) is 2.45. The van der Waals surface area contributed by atoms with E-state index in [0.717, 1.165) is 13.0 Å². The van der Waals surface area contributed by atoms with Crippen molar-refractivity contribution in [2.45, 2.75) is 6.42 Å². The second-order valence-electron chi connectivity index (χ2n) is 4.32. The summed E-state index contributed by atoms with van der Waals surface area (Å²) in [5.41, 5.74) is 3.82. The van der Waals surface area contributed by atoms with Crippen LogP contribution in [0, 0.1) is 3.57 Å². The predicted molar refractivity (Wildman–Crippen MR) is 89.3 cm³/mol. The van der Waals surface area contributed by atoms with Crippen LogP contribution >= 0.6 is 22.6 Å². The van der Waals surface area contributed by atoms with Crippen molar-refractivity contribution >= 4 is 22.6 Å². The van der Waals surface area contributed by atoms with Gasteiger partial charge in [0.05, 0.1) is 13.2 Å². The lowest BCUT2D eigenvalue weighted by Crippen LogP contribution is -1.98. The van der Waals surface area contributed by atoms with E-state index in [0.29, 0.717) is 6.61 Å². The van der Waals surface area contributed by atoms with Gasteiger partial charge in [-0.25, -0.2) is 0 Å². The largest absolute Gasteiger partial charge is 0.377 e. The van der Waals surface area contributed by atoms with E-state index in [2.05, 4.69) is 77.7 Å². The SMILES string of the molecule is C=CCOCCc1ccc(-c2ccc(I)cc2)cc1. The van der Waals surface area contributed by atoms with E-state index in [4.69, 9.17) is 4.74 Å². The lowest BCUT2D eigenvalue weighted by molar-refractivity contribution is 0.166. The van der Waals surface area contributed by atoms with Crippen LogP contribution in [0.1, 0.15) is 5.56 Å². The fourth-order valence-electron chi connectivity index (χ4n) is 1.86. The van der Waals surface area contributed by atoms with Gasteiger partial charge in [-0.1, -0.05) is 42.5 Å². The lowest BCUT2D eigenvalue weighted by Gasteiger charge is -2.05. The first-order chi connectivity index (χ1) is 9.29. The van der Waals surface area contributed by atoms with Crippen LogP contribution in [-0.2, 0) is 11.2 Å². The molecular weight excluding hydrogens is 347 g/mol. The highest BCUT2D eigenvalue weighted by Crippen LogP contribution is 2.21. The van der Waals surface area contributed by atoms with Crippen LogP contribution in [0.15, 0.2) is 61.2 Å². The van der Waals surface area contributed by atoms with E-state index in [1.165, 1.54) is 20.3 Å². The number of benzene rings is 2. The monoisotopic (exact) mass is 364 g/mol. The highest BCUT2D eigenvalue weighted by Gasteiger charge is 1.98. The topological polar surface area (TPSA) is 9.23 Å². The van der Waals surface area contributed by atoms with Gasteiger partial charge in [0, 0.05) is 3.57 Å². The molecule has 2 aromatic rings. The average molecular weight is 364 g/mol. The van der Waals surface area contributed by atoms with E-state index in [9.17, 15) is 0 Å². The summed E-state index contributed by atoms with van der Waals surface area (Å²) in [5, 5.41) is 0. The number of rotatable bonds is 6. The van der Waals surface area contributed by atoms with Gasteiger partial charge >= 0.3 is 0 Å². The molecule has 0 N–H and O–H groups in total. The third-order valence-corrected chi connectivity index (χ3v) is 3.62. The summed E-state index contributed by atoms with van der Waals surface area (Å²) in [5.74, 6) is 0. The number of hydrogen-bond donors (Lipinski definition) is 0. The zero-order valence-corrected chi connectivity index (χ0v) is 13.0. The summed E-state index contributed by atoms with van der Waals surface area (Å²) in [7, 11) is 0. The Kier molecular flexibility index (Phi) is 5.61. The second kappa shape index (κ2) is 7.46. The normalized spacial score (nSPS) is 10.4. The summed E-state index contributed by atoms with van der Waals surface area (Å²) in [6, 6.07) is 17.3. The van der Waals surface area contributed by atoms with Crippen molar-refractivity contribution in [2.75, 3.05) is 13.2 Å². The molecule has 0 saturated carbocycles. The molecule has 0 saturated heterocycles. The fourth-order valence-corrected chi connectivity index (χ4v) is 2.22. The molecule has 19 heavy (non-hydrogen) atoms. The van der Waals surface area contributed by atoms with Crippen molar-refractivity contribution in [1.29, 1.82) is 0 Å². The van der Waals surface area contributed by atoms with Crippen molar-refractivity contribution in [3.05, 3.63) is 70.3 Å². The summed E-state index contributed by atoms with van der Waals surface area (Å²) in [6.45, 7) is 5.00. The molecule has 2 rings (SSSR count). The van der Waals surface area contributed by atoms with Gasteiger partial charge in [-0.15, -0.1) is 6.58 Å². The highest BCUT2D eigenvalue weighted by atomic mass is 127. The van der Waals surface area contributed by atoms with E-state index >= 15 is 0 Å². The first kappa shape index (κ1) is 14.3. The van der Waals surface area contributed by atoms with E-state index < -0.39 is 0 Å². The summed E-state index contributed by atoms with van der Waals surface area (Å²) in [4.78, 5) is 0. The molecule has 0 fully saturated rings. The van der Waals surface area contributed by atoms with Gasteiger partial charge in [-0.2, -0.15) is 0 Å². The van der Waals surface area contributed by atoms with Crippen molar-refractivity contribution in [3.63, 3.8) is 0 Å². The van der Waals surface area contributed by atoms with Crippen molar-refractivity contribution in [3.8, 4) is 11.1 Å². The quantitative estimate of drug-likeness (QED) is 0.410. The molecule has 0 spiro atoms. The van der Waals surface area contributed by atoms with Gasteiger partial charge in [-0.05, 0) is 57.8 Å². The number of ether oxygens (including phenoxy) is 1. The van der Waals surface area contributed by atoms with Crippen LogP contribution in [0.4, 0.5) is 0 Å². The number of halogens is 1. The van der Waals surface area contributed by atoms with Crippen LogP contribution in [-0.4, -0.2) is 13.2 Å². The predicted octanol–water partition coefficient (Wildman–Crippen LogP) is 4.70. The van der Waals surface area contributed by atoms with Gasteiger partial charge in [0.15, 0.2) is 0 Å². The standard InChI is InChI=1S/C17H17IO/c1-2-12-19-13-11-14-3-5-15(6-4-14)16-7-9-17(18)10-8-16/h2-10H,1,11-13H2. The molecule has 0 amide bonds. The van der Waals surface area contributed by atoms with Crippen LogP contribution in [0.25, 0.3) is 11.1 Å². The molecule has 2 aromatic carbocycles. The molecular formula is C17H17IO. The van der Waals surface area contributed by atoms with Crippen molar-refractivity contribution < 1.29 is 4.74 Å². The lowest BCUT2D eigenvalue weighted by atomic mass is 10.0. The molecule has 0 aliphatic rings. The van der Waals surface area contributed by atoms with Crippen LogP contribution in [0.5, 0.6) is 0 Å². The molecule has 0 heterocycles.